The Labute approximate surface area is 85.6 Å². The molecule has 1 aliphatic heterocycles. The zero-order valence-electron chi connectivity index (χ0n) is 9.08. The van der Waals surface area contributed by atoms with Gasteiger partial charge in [-0.05, 0) is 19.8 Å². The van der Waals surface area contributed by atoms with Crippen LogP contribution in [0.25, 0.3) is 0 Å². The van der Waals surface area contributed by atoms with Crippen molar-refractivity contribution >= 4 is 5.91 Å². The molecule has 1 unspecified atom stereocenters. The van der Waals surface area contributed by atoms with Gasteiger partial charge in [-0.25, -0.2) is 0 Å². The molecule has 4 nitrogen and oxygen atoms in total. The Balaban J connectivity index is 2.19. The summed E-state index contributed by atoms with van der Waals surface area (Å²) in [7, 11) is 1.71. The van der Waals surface area contributed by atoms with Gasteiger partial charge in [0.2, 0.25) is 5.91 Å². The van der Waals surface area contributed by atoms with Crippen molar-refractivity contribution in [3.05, 3.63) is 0 Å². The van der Waals surface area contributed by atoms with Crippen molar-refractivity contribution in [1.82, 2.24) is 10.2 Å². The van der Waals surface area contributed by atoms with E-state index in [4.69, 9.17) is 4.74 Å². The normalized spacial score (nSPS) is 22.9. The predicted molar refractivity (Wildman–Crippen MR) is 55.2 cm³/mol. The molecule has 1 rings (SSSR count). The summed E-state index contributed by atoms with van der Waals surface area (Å²) < 4.78 is 4.96. The molecule has 0 spiro atoms. The summed E-state index contributed by atoms with van der Waals surface area (Å²) in [5.74, 6) is 0.230. The lowest BCUT2D eigenvalue weighted by Crippen LogP contribution is -2.53. The molecule has 0 aromatic rings. The molecule has 0 bridgehead atoms. The number of rotatable bonds is 5. The topological polar surface area (TPSA) is 41.6 Å². The Morgan fingerprint density at radius 2 is 2.36 bits per heavy atom. The van der Waals surface area contributed by atoms with Crippen LogP contribution in [0.3, 0.4) is 0 Å². The van der Waals surface area contributed by atoms with Crippen LogP contribution in [0, 0.1) is 0 Å². The van der Waals surface area contributed by atoms with Crippen LogP contribution in [0.15, 0.2) is 0 Å². The largest absolute Gasteiger partial charge is 0.385 e. The molecule has 0 radical (unpaired) electrons. The van der Waals surface area contributed by atoms with Gasteiger partial charge in [-0.3, -0.25) is 4.79 Å². The maximum atomic E-state index is 11.6. The van der Waals surface area contributed by atoms with Gasteiger partial charge in [0.1, 0.15) is 0 Å². The van der Waals surface area contributed by atoms with Gasteiger partial charge in [-0.1, -0.05) is 0 Å². The summed E-state index contributed by atoms with van der Waals surface area (Å²) in [6.07, 6.45) is 2.06. The molecule has 1 saturated heterocycles. The molecule has 1 N–H and O–H groups in total. The minimum absolute atomic E-state index is 0.00817. The third-order valence-electron chi connectivity index (χ3n) is 2.54. The fourth-order valence-electron chi connectivity index (χ4n) is 1.66. The van der Waals surface area contributed by atoms with E-state index in [1.165, 1.54) is 0 Å². The predicted octanol–water partition coefficient (Wildman–Crippen LogP) is 0.233. The van der Waals surface area contributed by atoms with Gasteiger partial charge in [0.05, 0.1) is 6.04 Å². The number of amides is 1. The van der Waals surface area contributed by atoms with Gasteiger partial charge < -0.3 is 15.0 Å². The van der Waals surface area contributed by atoms with E-state index in [1.807, 2.05) is 11.8 Å². The Kier molecular flexibility index (Phi) is 4.90. The smallest absolute Gasteiger partial charge is 0.239 e. The molecule has 82 valence electrons. The van der Waals surface area contributed by atoms with Crippen molar-refractivity contribution < 1.29 is 9.53 Å². The number of methoxy groups -OCH3 is 1. The highest BCUT2D eigenvalue weighted by molar-refractivity contribution is 5.82. The van der Waals surface area contributed by atoms with Crippen LogP contribution < -0.4 is 5.32 Å². The molecule has 14 heavy (non-hydrogen) atoms. The molecule has 0 aromatic carbocycles. The van der Waals surface area contributed by atoms with Crippen LogP contribution in [0.1, 0.15) is 19.8 Å². The summed E-state index contributed by atoms with van der Waals surface area (Å²) in [6, 6.07) is -0.00817. The van der Waals surface area contributed by atoms with Crippen molar-refractivity contribution in [2.24, 2.45) is 0 Å². The molecule has 0 aliphatic carbocycles. The van der Waals surface area contributed by atoms with Crippen molar-refractivity contribution in [3.63, 3.8) is 0 Å². The molecule has 1 atom stereocenters. The lowest BCUT2D eigenvalue weighted by molar-refractivity contribution is -0.135. The van der Waals surface area contributed by atoms with Crippen LogP contribution in [-0.2, 0) is 9.53 Å². The maximum Gasteiger partial charge on any atom is 0.239 e. The number of unbranched alkanes of at least 4 members (excludes halogenated alkanes) is 1. The first-order valence-corrected chi connectivity index (χ1v) is 5.27. The average molecular weight is 200 g/mol. The molecular weight excluding hydrogens is 180 g/mol. The highest BCUT2D eigenvalue weighted by atomic mass is 16.5. The summed E-state index contributed by atoms with van der Waals surface area (Å²) in [6.45, 7) is 5.33. The Bertz CT molecular complexity index is 185. The van der Waals surface area contributed by atoms with Gasteiger partial charge in [-0.15, -0.1) is 0 Å². The van der Waals surface area contributed by atoms with Crippen LogP contribution in [0.2, 0.25) is 0 Å². The fourth-order valence-corrected chi connectivity index (χ4v) is 1.66. The minimum atomic E-state index is -0.00817. The Morgan fingerprint density at radius 1 is 1.57 bits per heavy atom. The zero-order valence-corrected chi connectivity index (χ0v) is 9.08. The van der Waals surface area contributed by atoms with E-state index in [9.17, 15) is 4.79 Å². The van der Waals surface area contributed by atoms with E-state index < -0.39 is 0 Å². The number of carbonyl (C=O) groups is 1. The van der Waals surface area contributed by atoms with Crippen LogP contribution in [0.4, 0.5) is 0 Å². The molecule has 1 fully saturated rings. The highest BCUT2D eigenvalue weighted by Gasteiger charge is 2.23. The maximum absolute atomic E-state index is 11.6. The third kappa shape index (κ3) is 3.27. The standard InChI is InChI=1S/C10H20N2O2/c1-9-10(13)12(7-5-11-9)6-3-4-8-14-2/h9,11H,3-8H2,1-2H3. The molecule has 0 aromatic heterocycles. The average Bonchev–Trinajstić information content (AvgIpc) is 2.19. The number of carbonyl (C=O) groups excluding carboxylic acids is 1. The first-order chi connectivity index (χ1) is 6.75. The Morgan fingerprint density at radius 3 is 3.07 bits per heavy atom. The van der Waals surface area contributed by atoms with E-state index in [0.29, 0.717) is 0 Å². The number of nitrogens with zero attached hydrogens (tertiary/aromatic N) is 1. The number of hydrogen-bond donors (Lipinski definition) is 1. The van der Waals surface area contributed by atoms with Crippen LogP contribution in [-0.4, -0.2) is 50.2 Å². The summed E-state index contributed by atoms with van der Waals surface area (Å²) >= 11 is 0. The van der Waals surface area contributed by atoms with E-state index in [-0.39, 0.29) is 11.9 Å². The van der Waals surface area contributed by atoms with Crippen molar-refractivity contribution in [2.45, 2.75) is 25.8 Å². The second-order valence-corrected chi connectivity index (χ2v) is 3.70. The first-order valence-electron chi connectivity index (χ1n) is 5.27. The number of hydrogen-bond acceptors (Lipinski definition) is 3. The number of piperazine rings is 1. The van der Waals surface area contributed by atoms with Gasteiger partial charge in [0, 0.05) is 33.4 Å². The first kappa shape index (κ1) is 11.5. The summed E-state index contributed by atoms with van der Waals surface area (Å²) in [4.78, 5) is 13.6. The van der Waals surface area contributed by atoms with Crippen molar-refractivity contribution in [3.8, 4) is 0 Å². The van der Waals surface area contributed by atoms with Gasteiger partial charge in [0.15, 0.2) is 0 Å². The lowest BCUT2D eigenvalue weighted by Gasteiger charge is -2.31. The fraction of sp³-hybridized carbons (Fsp3) is 0.900. The third-order valence-corrected chi connectivity index (χ3v) is 2.54. The molecule has 4 heteroatoms. The second kappa shape index (κ2) is 5.98. The van der Waals surface area contributed by atoms with Crippen LogP contribution in [0.5, 0.6) is 0 Å². The van der Waals surface area contributed by atoms with Gasteiger partial charge in [0.25, 0.3) is 0 Å². The minimum Gasteiger partial charge on any atom is -0.385 e. The summed E-state index contributed by atoms with van der Waals surface area (Å²) in [5, 5.41) is 3.15. The molecule has 1 amide bonds. The SMILES string of the molecule is COCCCCN1CCNC(C)C1=O. The van der Waals surface area contributed by atoms with E-state index in [1.54, 1.807) is 7.11 Å². The number of nitrogens with one attached hydrogen (secondary N) is 1. The zero-order chi connectivity index (χ0) is 10.4. The highest BCUT2D eigenvalue weighted by Crippen LogP contribution is 2.03. The monoisotopic (exact) mass is 200 g/mol. The van der Waals surface area contributed by atoms with Crippen molar-refractivity contribution in [1.29, 1.82) is 0 Å². The molecule has 0 saturated carbocycles. The Hall–Kier alpha value is -0.610. The number of ether oxygens (including phenoxy) is 1. The van der Waals surface area contributed by atoms with Crippen LogP contribution >= 0.6 is 0 Å². The molecule has 1 aliphatic rings. The van der Waals surface area contributed by atoms with E-state index in [2.05, 4.69) is 5.32 Å². The van der Waals surface area contributed by atoms with Gasteiger partial charge >= 0.3 is 0 Å². The van der Waals surface area contributed by atoms with E-state index in [0.717, 1.165) is 39.1 Å². The second-order valence-electron chi connectivity index (χ2n) is 3.70. The molecular formula is C10H20N2O2. The lowest BCUT2D eigenvalue weighted by atomic mass is 10.2. The quantitative estimate of drug-likeness (QED) is 0.646. The van der Waals surface area contributed by atoms with E-state index >= 15 is 0 Å². The molecule has 1 heterocycles. The summed E-state index contributed by atoms with van der Waals surface area (Å²) in [5.41, 5.74) is 0. The van der Waals surface area contributed by atoms with Crippen molar-refractivity contribution in [2.75, 3.05) is 33.4 Å². The van der Waals surface area contributed by atoms with Gasteiger partial charge in [-0.2, -0.15) is 0 Å².